The Labute approximate surface area is 175 Å². The summed E-state index contributed by atoms with van der Waals surface area (Å²) >= 11 is 0. The lowest BCUT2D eigenvalue weighted by molar-refractivity contribution is -0.116. The summed E-state index contributed by atoms with van der Waals surface area (Å²) in [5, 5.41) is 2.98. The Morgan fingerprint density at radius 1 is 1.13 bits per heavy atom. The topological polar surface area (TPSA) is 74.6 Å². The minimum Gasteiger partial charge on any atom is -0.497 e. The van der Waals surface area contributed by atoms with Gasteiger partial charge in [-0.2, -0.15) is 0 Å². The molecule has 1 unspecified atom stereocenters. The highest BCUT2D eigenvalue weighted by Crippen LogP contribution is 2.44. The number of imidazole rings is 1. The number of nitrogens with zero attached hydrogens (tertiary/aromatic N) is 2. The zero-order valence-corrected chi connectivity index (χ0v) is 17.5. The molecule has 0 saturated heterocycles. The number of hydrogen-bond donors (Lipinski definition) is 1. The number of ether oxygens (including phenoxy) is 3. The van der Waals surface area contributed by atoms with Crippen LogP contribution >= 0.6 is 0 Å². The zero-order chi connectivity index (χ0) is 21.3. The first kappa shape index (κ1) is 19.8. The van der Waals surface area contributed by atoms with Gasteiger partial charge in [0.05, 0.1) is 31.7 Å². The normalized spacial score (nSPS) is 15.5. The van der Waals surface area contributed by atoms with Gasteiger partial charge < -0.3 is 19.5 Å². The molecule has 0 radical (unpaired) electrons. The Hall–Kier alpha value is -3.48. The third-order valence-corrected chi connectivity index (χ3v) is 5.06. The van der Waals surface area contributed by atoms with E-state index < -0.39 is 0 Å². The molecule has 0 spiro atoms. The highest BCUT2D eigenvalue weighted by Gasteiger charge is 2.33. The minimum atomic E-state index is -0.246. The molecule has 3 aromatic rings. The number of anilines is 1. The smallest absolute Gasteiger partial charge is 0.226 e. The van der Waals surface area contributed by atoms with Crippen LogP contribution in [0.5, 0.6) is 17.2 Å². The van der Waals surface area contributed by atoms with E-state index in [2.05, 4.69) is 10.3 Å². The minimum absolute atomic E-state index is 0.0359. The van der Waals surface area contributed by atoms with Gasteiger partial charge in [-0.1, -0.05) is 18.2 Å². The SMILES string of the molecule is COc1cccc(-n2cnc3c2NC(=O)CC3c2cccc(OC)c2OC(C)C)c1. The fourth-order valence-corrected chi connectivity index (χ4v) is 3.75. The molecule has 2 aromatic carbocycles. The van der Waals surface area contributed by atoms with E-state index in [1.165, 1.54) is 0 Å². The first-order valence-electron chi connectivity index (χ1n) is 9.87. The molecule has 0 fully saturated rings. The van der Waals surface area contributed by atoms with Gasteiger partial charge in [0.15, 0.2) is 11.5 Å². The number of hydrogen-bond acceptors (Lipinski definition) is 5. The van der Waals surface area contributed by atoms with Crippen LogP contribution in [-0.4, -0.2) is 35.8 Å². The van der Waals surface area contributed by atoms with Crippen molar-refractivity contribution in [3.8, 4) is 22.9 Å². The van der Waals surface area contributed by atoms with Crippen LogP contribution in [0.25, 0.3) is 5.69 Å². The summed E-state index contributed by atoms with van der Waals surface area (Å²) in [7, 11) is 3.24. The number of para-hydroxylation sites is 1. The van der Waals surface area contributed by atoms with Crippen LogP contribution in [0.4, 0.5) is 5.82 Å². The van der Waals surface area contributed by atoms with Crippen LogP contribution in [0.1, 0.15) is 37.4 Å². The zero-order valence-electron chi connectivity index (χ0n) is 17.5. The number of aromatic nitrogens is 2. The Bertz CT molecular complexity index is 1070. The average Bonchev–Trinajstić information content (AvgIpc) is 3.16. The average molecular weight is 407 g/mol. The molecule has 7 heteroatoms. The summed E-state index contributed by atoms with van der Waals surface area (Å²) in [6, 6.07) is 13.4. The maximum Gasteiger partial charge on any atom is 0.226 e. The maximum atomic E-state index is 12.7. The van der Waals surface area contributed by atoms with Gasteiger partial charge in [0.25, 0.3) is 0 Å². The van der Waals surface area contributed by atoms with E-state index in [-0.39, 0.29) is 24.3 Å². The van der Waals surface area contributed by atoms with Crippen molar-refractivity contribution < 1.29 is 19.0 Å². The van der Waals surface area contributed by atoms with Crippen LogP contribution in [-0.2, 0) is 4.79 Å². The van der Waals surface area contributed by atoms with E-state index in [1.807, 2.05) is 60.9 Å². The maximum absolute atomic E-state index is 12.7. The summed E-state index contributed by atoms with van der Waals surface area (Å²) in [6.45, 7) is 3.93. The van der Waals surface area contributed by atoms with Crippen molar-refractivity contribution in [3.63, 3.8) is 0 Å². The van der Waals surface area contributed by atoms with Crippen LogP contribution < -0.4 is 19.5 Å². The van der Waals surface area contributed by atoms with Crippen molar-refractivity contribution in [2.75, 3.05) is 19.5 Å². The largest absolute Gasteiger partial charge is 0.497 e. The number of fused-ring (bicyclic) bond motifs is 1. The van der Waals surface area contributed by atoms with Crippen LogP contribution in [0.15, 0.2) is 48.8 Å². The molecular formula is C23H25N3O4. The van der Waals surface area contributed by atoms with Gasteiger partial charge >= 0.3 is 0 Å². The number of benzene rings is 2. The standard InChI is InChI=1S/C23H25N3O4/c1-14(2)30-22-17(9-6-10-19(22)29-4)18-12-20(27)25-23-21(18)24-13-26(23)15-7-5-8-16(11-15)28-3/h5-11,13-14,18H,12H2,1-4H3,(H,25,27). The summed E-state index contributed by atoms with van der Waals surface area (Å²) < 4.78 is 18.8. The fraction of sp³-hybridized carbons (Fsp3) is 0.304. The second kappa shape index (κ2) is 8.10. The van der Waals surface area contributed by atoms with Gasteiger partial charge in [-0.25, -0.2) is 4.98 Å². The number of carbonyl (C=O) groups excluding carboxylic acids is 1. The summed E-state index contributed by atoms with van der Waals surface area (Å²) in [5.41, 5.74) is 2.53. The predicted octanol–water partition coefficient (Wildman–Crippen LogP) is 4.15. The third-order valence-electron chi connectivity index (χ3n) is 5.06. The molecule has 1 aromatic heterocycles. The van der Waals surface area contributed by atoms with E-state index in [9.17, 15) is 4.79 Å². The lowest BCUT2D eigenvalue weighted by Gasteiger charge is -2.26. The number of methoxy groups -OCH3 is 2. The summed E-state index contributed by atoms with van der Waals surface area (Å²) in [4.78, 5) is 17.3. The van der Waals surface area contributed by atoms with Gasteiger partial charge in [0, 0.05) is 24.0 Å². The number of amides is 1. The molecule has 0 bridgehead atoms. The van der Waals surface area contributed by atoms with Gasteiger partial charge in [-0.05, 0) is 32.0 Å². The molecular weight excluding hydrogens is 382 g/mol. The Morgan fingerprint density at radius 3 is 2.67 bits per heavy atom. The molecule has 0 aliphatic carbocycles. The van der Waals surface area contributed by atoms with Crippen molar-refractivity contribution >= 4 is 11.7 Å². The molecule has 1 aliphatic rings. The van der Waals surface area contributed by atoms with Crippen molar-refractivity contribution in [2.45, 2.75) is 32.3 Å². The quantitative estimate of drug-likeness (QED) is 0.664. The van der Waals surface area contributed by atoms with Gasteiger partial charge in [-0.15, -0.1) is 0 Å². The highest BCUT2D eigenvalue weighted by atomic mass is 16.5. The predicted molar refractivity (Wildman–Crippen MR) is 114 cm³/mol. The van der Waals surface area contributed by atoms with Crippen LogP contribution in [0.3, 0.4) is 0 Å². The molecule has 4 rings (SSSR count). The van der Waals surface area contributed by atoms with Crippen LogP contribution in [0.2, 0.25) is 0 Å². The summed E-state index contributed by atoms with van der Waals surface area (Å²) in [6.07, 6.45) is 1.97. The summed E-state index contributed by atoms with van der Waals surface area (Å²) in [5.74, 6) is 2.36. The Morgan fingerprint density at radius 2 is 1.93 bits per heavy atom. The molecule has 0 saturated carbocycles. The molecule has 1 aliphatic heterocycles. The molecule has 1 N–H and O–H groups in total. The van der Waals surface area contributed by atoms with Crippen molar-refractivity contribution in [2.24, 2.45) is 0 Å². The highest BCUT2D eigenvalue weighted by molar-refractivity contribution is 5.94. The van der Waals surface area contributed by atoms with Crippen molar-refractivity contribution in [1.82, 2.24) is 9.55 Å². The van der Waals surface area contributed by atoms with E-state index in [0.717, 1.165) is 22.7 Å². The molecule has 2 heterocycles. The number of rotatable bonds is 6. The molecule has 30 heavy (non-hydrogen) atoms. The van der Waals surface area contributed by atoms with Crippen molar-refractivity contribution in [1.29, 1.82) is 0 Å². The first-order valence-corrected chi connectivity index (χ1v) is 9.87. The van der Waals surface area contributed by atoms with E-state index in [4.69, 9.17) is 14.2 Å². The number of nitrogens with one attached hydrogen (secondary N) is 1. The fourth-order valence-electron chi connectivity index (χ4n) is 3.75. The van der Waals surface area contributed by atoms with Crippen molar-refractivity contribution in [3.05, 3.63) is 60.0 Å². The second-order valence-corrected chi connectivity index (χ2v) is 7.40. The van der Waals surface area contributed by atoms with E-state index >= 15 is 0 Å². The Kier molecular flexibility index (Phi) is 5.35. The molecule has 1 amide bonds. The molecule has 7 nitrogen and oxygen atoms in total. The lowest BCUT2D eigenvalue weighted by Crippen LogP contribution is -2.25. The molecule has 156 valence electrons. The number of carbonyl (C=O) groups is 1. The monoisotopic (exact) mass is 407 g/mol. The Balaban J connectivity index is 1.83. The first-order chi connectivity index (χ1) is 14.5. The van der Waals surface area contributed by atoms with Gasteiger partial charge in [0.2, 0.25) is 5.91 Å². The van der Waals surface area contributed by atoms with E-state index in [1.54, 1.807) is 20.5 Å². The lowest BCUT2D eigenvalue weighted by atomic mass is 9.89. The van der Waals surface area contributed by atoms with Gasteiger partial charge in [-0.3, -0.25) is 9.36 Å². The third kappa shape index (κ3) is 3.58. The van der Waals surface area contributed by atoms with Crippen LogP contribution in [0, 0.1) is 0 Å². The molecule has 1 atom stereocenters. The van der Waals surface area contributed by atoms with E-state index in [0.29, 0.717) is 17.3 Å². The van der Waals surface area contributed by atoms with Gasteiger partial charge in [0.1, 0.15) is 17.9 Å². The second-order valence-electron chi connectivity index (χ2n) is 7.40.